The summed E-state index contributed by atoms with van der Waals surface area (Å²) in [5.74, 6) is 0.685. The molecule has 1 N–H and O–H groups in total. The second kappa shape index (κ2) is 8.78. The van der Waals surface area contributed by atoms with Crippen molar-refractivity contribution < 1.29 is 4.39 Å². The van der Waals surface area contributed by atoms with Gasteiger partial charge in [-0.25, -0.2) is 18.9 Å². The molecule has 1 saturated heterocycles. The zero-order chi connectivity index (χ0) is 23.9. The Kier molecular flexibility index (Phi) is 5.45. The van der Waals surface area contributed by atoms with Crippen molar-refractivity contribution in [3.63, 3.8) is 0 Å². The van der Waals surface area contributed by atoms with Crippen molar-refractivity contribution in [2.24, 2.45) is 0 Å². The number of piperazine rings is 1. The molecule has 7 nitrogen and oxygen atoms in total. The molecule has 0 spiro atoms. The van der Waals surface area contributed by atoms with Crippen molar-refractivity contribution in [3.05, 3.63) is 66.2 Å². The fourth-order valence-electron chi connectivity index (χ4n) is 5.04. The molecular weight excluding hydrogens is 441 g/mol. The van der Waals surface area contributed by atoms with Gasteiger partial charge >= 0.3 is 0 Å². The Hall–Kier alpha value is -3.78. The zero-order valence-electron chi connectivity index (χ0n) is 20.0. The molecular formula is C27H28FN7. The minimum atomic E-state index is -0.269. The molecule has 1 fully saturated rings. The summed E-state index contributed by atoms with van der Waals surface area (Å²) in [6.45, 7) is 9.43. The summed E-state index contributed by atoms with van der Waals surface area (Å²) in [6, 6.07) is 12.7. The maximum Gasteiger partial charge on any atom is 0.158 e. The van der Waals surface area contributed by atoms with Crippen LogP contribution >= 0.6 is 0 Å². The fourth-order valence-corrected chi connectivity index (χ4v) is 5.04. The number of nitrogens with one attached hydrogen (secondary N) is 1. The van der Waals surface area contributed by atoms with E-state index < -0.39 is 0 Å². The van der Waals surface area contributed by atoms with E-state index in [1.807, 2.05) is 22.8 Å². The number of pyridine rings is 1. The van der Waals surface area contributed by atoms with Gasteiger partial charge < -0.3 is 9.88 Å². The van der Waals surface area contributed by atoms with Crippen LogP contribution in [0.15, 0.2) is 54.9 Å². The van der Waals surface area contributed by atoms with Gasteiger partial charge in [0.15, 0.2) is 5.65 Å². The first-order valence-corrected chi connectivity index (χ1v) is 12.2. The number of anilines is 1. The van der Waals surface area contributed by atoms with Gasteiger partial charge in [-0.1, -0.05) is 6.92 Å². The molecule has 1 aliphatic heterocycles. The number of H-pyrrole nitrogens is 1. The van der Waals surface area contributed by atoms with E-state index >= 15 is 0 Å². The average molecular weight is 470 g/mol. The second-order valence-electron chi connectivity index (χ2n) is 9.16. The molecule has 1 aliphatic rings. The highest BCUT2D eigenvalue weighted by molar-refractivity contribution is 5.97. The van der Waals surface area contributed by atoms with Gasteiger partial charge in [-0.15, -0.1) is 5.10 Å². The van der Waals surface area contributed by atoms with Gasteiger partial charge in [0.1, 0.15) is 23.0 Å². The fraction of sp³-hybridized carbons (Fsp3) is 0.296. The summed E-state index contributed by atoms with van der Waals surface area (Å²) in [4.78, 5) is 17.6. The van der Waals surface area contributed by atoms with E-state index in [9.17, 15) is 4.39 Å². The lowest BCUT2D eigenvalue weighted by atomic mass is 10.0. The van der Waals surface area contributed by atoms with Gasteiger partial charge in [-0.2, -0.15) is 0 Å². The van der Waals surface area contributed by atoms with Crippen LogP contribution in [0.1, 0.15) is 18.9 Å². The summed E-state index contributed by atoms with van der Waals surface area (Å²) in [6.07, 6.45) is 4.86. The van der Waals surface area contributed by atoms with Crippen LogP contribution in [0.4, 0.5) is 10.2 Å². The van der Waals surface area contributed by atoms with Crippen molar-refractivity contribution in [3.8, 4) is 22.5 Å². The smallest absolute Gasteiger partial charge is 0.158 e. The molecule has 0 amide bonds. The molecule has 6 rings (SSSR count). The van der Waals surface area contributed by atoms with Crippen LogP contribution in [0, 0.1) is 12.7 Å². The molecule has 8 heteroatoms. The van der Waals surface area contributed by atoms with Gasteiger partial charge in [0.05, 0.1) is 5.69 Å². The van der Waals surface area contributed by atoms with Crippen LogP contribution < -0.4 is 4.90 Å². The lowest BCUT2D eigenvalue weighted by molar-refractivity contribution is 0.257. The van der Waals surface area contributed by atoms with E-state index in [4.69, 9.17) is 10.1 Å². The zero-order valence-corrected chi connectivity index (χ0v) is 20.0. The number of nitrogens with zero attached hydrogens (tertiary/aromatic N) is 6. The lowest BCUT2D eigenvalue weighted by Gasteiger charge is -2.35. The second-order valence-corrected chi connectivity index (χ2v) is 9.16. The number of rotatable bonds is 5. The summed E-state index contributed by atoms with van der Waals surface area (Å²) in [7, 11) is 0. The first-order chi connectivity index (χ1) is 17.1. The third-order valence-corrected chi connectivity index (χ3v) is 6.82. The quantitative estimate of drug-likeness (QED) is 0.396. The minimum Gasteiger partial charge on any atom is -0.353 e. The molecule has 1 aromatic carbocycles. The maximum atomic E-state index is 13.7. The Morgan fingerprint density at radius 2 is 1.83 bits per heavy atom. The number of benzene rings is 1. The highest BCUT2D eigenvalue weighted by Gasteiger charge is 2.24. The van der Waals surface area contributed by atoms with Gasteiger partial charge in [-0.05, 0) is 67.9 Å². The van der Waals surface area contributed by atoms with E-state index in [-0.39, 0.29) is 5.82 Å². The third-order valence-electron chi connectivity index (χ3n) is 6.82. The summed E-state index contributed by atoms with van der Waals surface area (Å²) in [5, 5.41) is 6.11. The number of fused-ring (bicyclic) bond motifs is 2. The molecule has 5 aromatic rings. The molecule has 0 saturated carbocycles. The molecule has 0 bridgehead atoms. The van der Waals surface area contributed by atoms with E-state index in [1.165, 1.54) is 18.6 Å². The lowest BCUT2D eigenvalue weighted by Crippen LogP contribution is -2.47. The van der Waals surface area contributed by atoms with E-state index in [2.05, 4.69) is 39.7 Å². The third kappa shape index (κ3) is 3.83. The molecule has 178 valence electrons. The van der Waals surface area contributed by atoms with Crippen LogP contribution in [0.25, 0.3) is 39.2 Å². The van der Waals surface area contributed by atoms with Gasteiger partial charge in [0.2, 0.25) is 0 Å². The van der Waals surface area contributed by atoms with Crippen LogP contribution in [0.5, 0.6) is 0 Å². The molecule has 0 aliphatic carbocycles. The van der Waals surface area contributed by atoms with Crippen molar-refractivity contribution in [1.29, 1.82) is 0 Å². The first kappa shape index (κ1) is 21.7. The summed E-state index contributed by atoms with van der Waals surface area (Å²) in [5.41, 5.74) is 6.16. The minimum absolute atomic E-state index is 0.269. The largest absolute Gasteiger partial charge is 0.353 e. The predicted octanol–water partition coefficient (Wildman–Crippen LogP) is 4.92. The van der Waals surface area contributed by atoms with E-state index in [0.29, 0.717) is 0 Å². The van der Waals surface area contributed by atoms with Crippen molar-refractivity contribution in [1.82, 2.24) is 29.5 Å². The Labute approximate surface area is 203 Å². The topological polar surface area (TPSA) is 65.4 Å². The standard InChI is InChI=1S/C27H28FN7/c1-3-12-33-13-15-34(16-14-33)23-17-18(2)27-31-24(19-4-6-20(28)7-5-19)25(35(27)32-23)21-8-10-29-26-22(21)9-11-30-26/h4-11,17H,3,12-16H2,1-2H3,(H,29,30). The van der Waals surface area contributed by atoms with Crippen molar-refractivity contribution in [2.45, 2.75) is 20.3 Å². The van der Waals surface area contributed by atoms with Crippen molar-refractivity contribution >= 4 is 22.5 Å². The van der Waals surface area contributed by atoms with Crippen LogP contribution in [0.2, 0.25) is 0 Å². The number of aryl methyl sites for hydroxylation is 1. The number of hydrogen-bond donors (Lipinski definition) is 1. The Balaban J connectivity index is 1.54. The maximum absolute atomic E-state index is 13.7. The van der Waals surface area contributed by atoms with E-state index in [1.54, 1.807) is 18.3 Å². The summed E-state index contributed by atoms with van der Waals surface area (Å²) < 4.78 is 15.7. The van der Waals surface area contributed by atoms with Crippen LogP contribution in [0.3, 0.4) is 0 Å². The Bertz CT molecular complexity index is 1490. The van der Waals surface area contributed by atoms with Gasteiger partial charge in [0, 0.05) is 55.1 Å². The molecule has 0 atom stereocenters. The SMILES string of the molecule is CCCN1CCN(c2cc(C)c3nc(-c4ccc(F)cc4)c(-c4ccnc5[nH]ccc45)n3n2)CC1. The number of aromatic amines is 1. The number of hydrogen-bond acceptors (Lipinski definition) is 5. The Morgan fingerprint density at radius 3 is 2.60 bits per heavy atom. The molecule has 5 heterocycles. The summed E-state index contributed by atoms with van der Waals surface area (Å²) >= 11 is 0. The predicted molar refractivity (Wildman–Crippen MR) is 137 cm³/mol. The molecule has 0 unspecified atom stereocenters. The number of imidazole rings is 1. The number of halogens is 1. The normalized spacial score (nSPS) is 14.9. The van der Waals surface area contributed by atoms with Crippen LogP contribution in [-0.2, 0) is 0 Å². The number of aromatic nitrogens is 5. The Morgan fingerprint density at radius 1 is 1.03 bits per heavy atom. The van der Waals surface area contributed by atoms with E-state index in [0.717, 1.165) is 83.3 Å². The molecule has 0 radical (unpaired) electrons. The van der Waals surface area contributed by atoms with Crippen molar-refractivity contribution in [2.75, 3.05) is 37.6 Å². The average Bonchev–Trinajstić information content (AvgIpc) is 3.50. The van der Waals surface area contributed by atoms with Crippen LogP contribution in [-0.4, -0.2) is 62.2 Å². The van der Waals surface area contributed by atoms with Gasteiger partial charge in [0.25, 0.3) is 0 Å². The first-order valence-electron chi connectivity index (χ1n) is 12.2. The molecule has 4 aromatic heterocycles. The highest BCUT2D eigenvalue weighted by Crippen LogP contribution is 2.37. The highest BCUT2D eigenvalue weighted by atomic mass is 19.1. The monoisotopic (exact) mass is 469 g/mol. The molecule has 35 heavy (non-hydrogen) atoms. The van der Waals surface area contributed by atoms with Gasteiger partial charge in [-0.3, -0.25) is 4.90 Å².